The molecule has 0 radical (unpaired) electrons. The van der Waals surface area contributed by atoms with Crippen LogP contribution in [0.5, 0.6) is 0 Å². The monoisotopic (exact) mass is 397 g/mol. The van der Waals surface area contributed by atoms with Crippen molar-refractivity contribution < 1.29 is 18.8 Å². The summed E-state index contributed by atoms with van der Waals surface area (Å²) in [5, 5.41) is 2.91. The lowest BCUT2D eigenvalue weighted by atomic mass is 9.96. The van der Waals surface area contributed by atoms with E-state index in [1.165, 1.54) is 24.3 Å². The fraction of sp³-hybridized carbons (Fsp3) is 0.318. The lowest BCUT2D eigenvalue weighted by molar-refractivity contribution is -0.126. The van der Waals surface area contributed by atoms with Crippen LogP contribution in [0.3, 0.4) is 0 Å². The third-order valence-corrected chi connectivity index (χ3v) is 5.09. The molecule has 2 aromatic carbocycles. The van der Waals surface area contributed by atoms with Crippen LogP contribution < -0.4 is 11.1 Å². The molecule has 0 aromatic heterocycles. The van der Waals surface area contributed by atoms with Crippen LogP contribution in [0.15, 0.2) is 48.5 Å². The van der Waals surface area contributed by atoms with Gasteiger partial charge in [-0.2, -0.15) is 0 Å². The van der Waals surface area contributed by atoms with Crippen LogP contribution in [0, 0.1) is 11.7 Å². The van der Waals surface area contributed by atoms with Crippen molar-refractivity contribution in [2.24, 2.45) is 11.7 Å². The molecule has 1 heterocycles. The smallest absolute Gasteiger partial charge is 0.253 e. The van der Waals surface area contributed by atoms with Gasteiger partial charge in [-0.3, -0.25) is 14.4 Å². The van der Waals surface area contributed by atoms with Crippen molar-refractivity contribution in [3.63, 3.8) is 0 Å². The fourth-order valence-corrected chi connectivity index (χ4v) is 3.51. The van der Waals surface area contributed by atoms with Gasteiger partial charge in [0.2, 0.25) is 11.8 Å². The molecule has 1 aliphatic heterocycles. The molecule has 1 aliphatic rings. The number of rotatable bonds is 6. The predicted octanol–water partition coefficient (Wildman–Crippen LogP) is 2.14. The maximum absolute atomic E-state index is 13.1. The van der Waals surface area contributed by atoms with Crippen molar-refractivity contribution in [2.75, 3.05) is 19.6 Å². The van der Waals surface area contributed by atoms with E-state index in [9.17, 15) is 18.8 Å². The first kappa shape index (κ1) is 20.5. The number of piperidine rings is 1. The Labute approximate surface area is 168 Å². The first-order chi connectivity index (χ1) is 13.9. The topological polar surface area (TPSA) is 92.5 Å². The van der Waals surface area contributed by atoms with E-state index >= 15 is 0 Å². The summed E-state index contributed by atoms with van der Waals surface area (Å²) in [6.45, 7) is 1.36. The highest BCUT2D eigenvalue weighted by Gasteiger charge is 2.28. The molecule has 29 heavy (non-hydrogen) atoms. The van der Waals surface area contributed by atoms with Gasteiger partial charge in [0.25, 0.3) is 5.91 Å². The molecule has 0 saturated carbocycles. The van der Waals surface area contributed by atoms with E-state index < -0.39 is 5.91 Å². The van der Waals surface area contributed by atoms with Crippen LogP contribution in [0.25, 0.3) is 0 Å². The largest absolute Gasteiger partial charge is 0.366 e. The Morgan fingerprint density at radius 2 is 1.86 bits per heavy atom. The van der Waals surface area contributed by atoms with Crippen molar-refractivity contribution in [1.29, 1.82) is 0 Å². The van der Waals surface area contributed by atoms with Gasteiger partial charge in [-0.15, -0.1) is 0 Å². The Hall–Kier alpha value is -3.22. The Balaban J connectivity index is 1.51. The van der Waals surface area contributed by atoms with Crippen molar-refractivity contribution in [3.05, 3.63) is 71.0 Å². The van der Waals surface area contributed by atoms with Crippen LogP contribution in [0.1, 0.15) is 39.1 Å². The van der Waals surface area contributed by atoms with Gasteiger partial charge < -0.3 is 16.0 Å². The van der Waals surface area contributed by atoms with E-state index in [0.29, 0.717) is 37.2 Å². The quantitative estimate of drug-likeness (QED) is 0.782. The van der Waals surface area contributed by atoms with E-state index in [1.807, 2.05) is 6.07 Å². The second kappa shape index (κ2) is 9.32. The molecular formula is C22H24FN3O3. The zero-order valence-corrected chi connectivity index (χ0v) is 16.1. The summed E-state index contributed by atoms with van der Waals surface area (Å²) in [6, 6.07) is 12.4. The third-order valence-electron chi connectivity index (χ3n) is 5.09. The minimum Gasteiger partial charge on any atom is -0.366 e. The maximum atomic E-state index is 13.1. The van der Waals surface area contributed by atoms with Gasteiger partial charge in [-0.1, -0.05) is 12.1 Å². The zero-order chi connectivity index (χ0) is 20.8. The van der Waals surface area contributed by atoms with Crippen molar-refractivity contribution in [1.82, 2.24) is 10.2 Å². The number of benzene rings is 2. The number of hydrogen-bond acceptors (Lipinski definition) is 3. The number of nitrogens with zero attached hydrogens (tertiary/aromatic N) is 1. The molecule has 6 nitrogen and oxygen atoms in total. The fourth-order valence-electron chi connectivity index (χ4n) is 3.51. The number of primary amides is 1. The average molecular weight is 397 g/mol. The van der Waals surface area contributed by atoms with Crippen LogP contribution in [0.2, 0.25) is 0 Å². The normalized spacial score (nSPS) is 16.3. The van der Waals surface area contributed by atoms with Crippen LogP contribution >= 0.6 is 0 Å². The Bertz CT molecular complexity index is 898. The summed E-state index contributed by atoms with van der Waals surface area (Å²) < 4.78 is 13.1. The maximum Gasteiger partial charge on any atom is 0.253 e. The number of nitrogens with one attached hydrogen (secondary N) is 1. The van der Waals surface area contributed by atoms with Crippen LogP contribution in [-0.4, -0.2) is 42.3 Å². The average Bonchev–Trinajstić information content (AvgIpc) is 2.74. The van der Waals surface area contributed by atoms with E-state index in [2.05, 4.69) is 5.32 Å². The van der Waals surface area contributed by atoms with Gasteiger partial charge in [-0.05, 0) is 61.2 Å². The summed E-state index contributed by atoms with van der Waals surface area (Å²) in [5.74, 6) is -1.42. The Morgan fingerprint density at radius 3 is 2.59 bits per heavy atom. The predicted molar refractivity (Wildman–Crippen MR) is 107 cm³/mol. The van der Waals surface area contributed by atoms with Crippen LogP contribution in [-0.2, 0) is 11.2 Å². The van der Waals surface area contributed by atoms with E-state index in [-0.39, 0.29) is 23.5 Å². The van der Waals surface area contributed by atoms with Gasteiger partial charge in [0.15, 0.2) is 0 Å². The molecule has 1 atom stereocenters. The molecule has 1 saturated heterocycles. The van der Waals surface area contributed by atoms with Gasteiger partial charge in [0, 0.05) is 30.8 Å². The number of amides is 3. The first-order valence-electron chi connectivity index (χ1n) is 9.65. The van der Waals surface area contributed by atoms with Crippen LogP contribution in [0.4, 0.5) is 4.39 Å². The highest BCUT2D eigenvalue weighted by molar-refractivity contribution is 5.94. The highest BCUT2D eigenvalue weighted by Crippen LogP contribution is 2.19. The Kier molecular flexibility index (Phi) is 6.59. The summed E-state index contributed by atoms with van der Waals surface area (Å²) in [4.78, 5) is 38.0. The first-order valence-corrected chi connectivity index (χ1v) is 9.65. The molecule has 7 heteroatoms. The number of likely N-dealkylation sites (tertiary alicyclic amines) is 1. The standard InChI is InChI=1S/C22H24FN3O3/c23-19-8-6-16(7-9-19)22(29)26-12-2-5-18(14-26)21(28)25-11-10-15-3-1-4-17(13-15)20(24)27/h1,3-4,6-9,13,18H,2,5,10-12,14H2,(H2,24,27)(H,25,28). The minimum atomic E-state index is -0.482. The molecule has 0 aliphatic carbocycles. The molecule has 152 valence electrons. The molecule has 1 fully saturated rings. The summed E-state index contributed by atoms with van der Waals surface area (Å²) in [7, 11) is 0. The SMILES string of the molecule is NC(=O)c1cccc(CCNC(=O)C2CCCN(C(=O)c3ccc(F)cc3)C2)c1. The van der Waals surface area contributed by atoms with E-state index in [0.717, 1.165) is 18.4 Å². The van der Waals surface area contributed by atoms with E-state index in [1.54, 1.807) is 23.1 Å². The lowest BCUT2D eigenvalue weighted by Gasteiger charge is -2.32. The number of carbonyl (C=O) groups is 3. The van der Waals surface area contributed by atoms with Crippen molar-refractivity contribution in [2.45, 2.75) is 19.3 Å². The molecule has 0 spiro atoms. The zero-order valence-electron chi connectivity index (χ0n) is 16.1. The number of hydrogen-bond donors (Lipinski definition) is 2. The number of carbonyl (C=O) groups excluding carboxylic acids is 3. The number of halogens is 1. The molecule has 1 unspecified atom stereocenters. The third kappa shape index (κ3) is 5.40. The van der Waals surface area contributed by atoms with Crippen molar-refractivity contribution in [3.8, 4) is 0 Å². The second-order valence-electron chi connectivity index (χ2n) is 7.20. The minimum absolute atomic E-state index is 0.0901. The Morgan fingerprint density at radius 1 is 1.10 bits per heavy atom. The highest BCUT2D eigenvalue weighted by atomic mass is 19.1. The van der Waals surface area contributed by atoms with Gasteiger partial charge in [0.1, 0.15) is 5.82 Å². The van der Waals surface area contributed by atoms with Gasteiger partial charge in [0.05, 0.1) is 5.92 Å². The number of nitrogens with two attached hydrogens (primary N) is 1. The summed E-state index contributed by atoms with van der Waals surface area (Å²) in [5.41, 5.74) is 7.06. The molecule has 0 bridgehead atoms. The molecular weight excluding hydrogens is 373 g/mol. The van der Waals surface area contributed by atoms with Gasteiger partial charge >= 0.3 is 0 Å². The molecule has 3 rings (SSSR count). The molecule has 3 amide bonds. The second-order valence-corrected chi connectivity index (χ2v) is 7.20. The summed E-state index contributed by atoms with van der Waals surface area (Å²) in [6.07, 6.45) is 2.04. The molecule has 2 aromatic rings. The van der Waals surface area contributed by atoms with E-state index in [4.69, 9.17) is 5.73 Å². The van der Waals surface area contributed by atoms with Gasteiger partial charge in [-0.25, -0.2) is 4.39 Å². The lowest BCUT2D eigenvalue weighted by Crippen LogP contribution is -2.45. The van der Waals surface area contributed by atoms with Crippen molar-refractivity contribution >= 4 is 17.7 Å². The summed E-state index contributed by atoms with van der Waals surface area (Å²) >= 11 is 0. The molecule has 3 N–H and O–H groups in total.